The van der Waals surface area contributed by atoms with Crippen LogP contribution in [0, 0.1) is 11.8 Å². The molecule has 0 N–H and O–H groups in total. The van der Waals surface area contributed by atoms with E-state index in [1.807, 2.05) is 22.3 Å². The Balaban J connectivity index is 2.80. The molecule has 0 fully saturated rings. The Morgan fingerprint density at radius 3 is 2.19 bits per heavy atom. The molecule has 0 unspecified atom stereocenters. The van der Waals surface area contributed by atoms with E-state index in [4.69, 9.17) is 9.47 Å². The van der Waals surface area contributed by atoms with Gasteiger partial charge in [-0.1, -0.05) is 85.0 Å². The molecule has 0 aliphatic carbocycles. The van der Waals surface area contributed by atoms with Crippen LogP contribution in [-0.4, -0.2) is 26.4 Å². The summed E-state index contributed by atoms with van der Waals surface area (Å²) in [5.74, 6) is 0.618. The van der Waals surface area contributed by atoms with E-state index in [0.717, 1.165) is 0 Å². The second-order valence-electron chi connectivity index (χ2n) is 5.21. The van der Waals surface area contributed by atoms with Crippen LogP contribution in [0.5, 0.6) is 0 Å². The van der Waals surface area contributed by atoms with E-state index < -0.39 is 0 Å². The molecule has 0 aliphatic rings. The van der Waals surface area contributed by atoms with Gasteiger partial charge in [0.25, 0.3) is 0 Å². The van der Waals surface area contributed by atoms with Crippen LogP contribution in [0.25, 0.3) is 6.08 Å². The lowest BCUT2D eigenvalue weighted by Gasteiger charge is -2.30. The minimum atomic E-state index is 0.0280. The van der Waals surface area contributed by atoms with Crippen LogP contribution in [0.15, 0.2) is 46.6 Å². The largest absolute Gasteiger partial charge is 0.380 e. The number of rotatable bonds is 8. The average molecular weight is 400 g/mol. The maximum Gasteiger partial charge on any atom is 0.0805 e. The molecule has 0 bridgehead atoms. The number of hydrogen-bond donors (Lipinski definition) is 0. The molecule has 0 aliphatic heterocycles. The molecule has 3 heteroatoms. The predicted molar refractivity (Wildman–Crippen MR) is 98.6 cm³/mol. The van der Waals surface area contributed by atoms with Gasteiger partial charge in [0.2, 0.25) is 0 Å². The standard InChI is InChI=1S/C18H25IO2/c1-14(12-13-19)18(21-4)15(2)17(20-3)11-10-16-8-6-5-7-9-16/h5-15,17-18H,1-4H3/b11-10+,13-12+/t14-,15-,17-,18-/m0/s1. The Kier molecular flexibility index (Phi) is 8.88. The fourth-order valence-electron chi connectivity index (χ4n) is 2.56. The van der Waals surface area contributed by atoms with Gasteiger partial charge in [-0.3, -0.25) is 0 Å². The highest BCUT2D eigenvalue weighted by atomic mass is 127. The fourth-order valence-corrected chi connectivity index (χ4v) is 3.21. The summed E-state index contributed by atoms with van der Waals surface area (Å²) < 4.78 is 13.4. The van der Waals surface area contributed by atoms with Crippen LogP contribution in [0.1, 0.15) is 19.4 Å². The first-order valence-corrected chi connectivity index (χ1v) is 8.44. The number of methoxy groups -OCH3 is 2. The predicted octanol–water partition coefficient (Wildman–Crippen LogP) is 4.95. The van der Waals surface area contributed by atoms with Gasteiger partial charge in [-0.15, -0.1) is 0 Å². The van der Waals surface area contributed by atoms with E-state index in [1.165, 1.54) is 5.56 Å². The van der Waals surface area contributed by atoms with E-state index >= 15 is 0 Å². The molecular weight excluding hydrogens is 375 g/mol. The van der Waals surface area contributed by atoms with Crippen LogP contribution in [-0.2, 0) is 9.47 Å². The van der Waals surface area contributed by atoms with E-state index in [0.29, 0.717) is 5.92 Å². The van der Waals surface area contributed by atoms with Crippen LogP contribution in [0.2, 0.25) is 0 Å². The molecular formula is C18H25IO2. The summed E-state index contributed by atoms with van der Waals surface area (Å²) >= 11 is 2.25. The van der Waals surface area contributed by atoms with Gasteiger partial charge in [0.05, 0.1) is 12.2 Å². The molecule has 1 aromatic rings. The lowest BCUT2D eigenvalue weighted by Crippen LogP contribution is -2.35. The maximum absolute atomic E-state index is 5.69. The van der Waals surface area contributed by atoms with Gasteiger partial charge < -0.3 is 9.47 Å². The third-order valence-electron chi connectivity index (χ3n) is 3.75. The molecule has 0 amide bonds. The lowest BCUT2D eigenvalue weighted by atomic mass is 9.88. The van der Waals surface area contributed by atoms with Crippen LogP contribution in [0.3, 0.4) is 0 Å². The van der Waals surface area contributed by atoms with Crippen molar-refractivity contribution in [1.29, 1.82) is 0 Å². The van der Waals surface area contributed by atoms with Crippen molar-refractivity contribution in [3.05, 3.63) is 52.1 Å². The summed E-state index contributed by atoms with van der Waals surface area (Å²) in [6.45, 7) is 4.35. The van der Waals surface area contributed by atoms with Crippen molar-refractivity contribution < 1.29 is 9.47 Å². The maximum atomic E-state index is 5.69. The molecule has 0 saturated carbocycles. The van der Waals surface area contributed by atoms with E-state index in [-0.39, 0.29) is 18.1 Å². The van der Waals surface area contributed by atoms with Gasteiger partial charge in [-0.05, 0) is 9.65 Å². The zero-order valence-electron chi connectivity index (χ0n) is 13.2. The van der Waals surface area contributed by atoms with Gasteiger partial charge in [0, 0.05) is 26.1 Å². The Morgan fingerprint density at radius 2 is 1.67 bits per heavy atom. The van der Waals surface area contributed by atoms with E-state index in [9.17, 15) is 0 Å². The molecule has 0 heterocycles. The first kappa shape index (κ1) is 18.4. The monoisotopic (exact) mass is 400 g/mol. The summed E-state index contributed by atoms with van der Waals surface area (Å²) in [4.78, 5) is 0. The number of benzene rings is 1. The summed E-state index contributed by atoms with van der Waals surface area (Å²) in [7, 11) is 3.52. The first-order valence-electron chi connectivity index (χ1n) is 7.19. The molecule has 0 aromatic heterocycles. The highest BCUT2D eigenvalue weighted by Crippen LogP contribution is 2.24. The van der Waals surface area contributed by atoms with Crippen molar-refractivity contribution in [1.82, 2.24) is 0 Å². The minimum Gasteiger partial charge on any atom is -0.380 e. The second-order valence-corrected chi connectivity index (χ2v) is 5.93. The zero-order chi connectivity index (χ0) is 15.7. The van der Waals surface area contributed by atoms with Crippen molar-refractivity contribution in [3.8, 4) is 0 Å². The van der Waals surface area contributed by atoms with Crippen molar-refractivity contribution in [2.45, 2.75) is 26.1 Å². The Morgan fingerprint density at radius 1 is 1.00 bits per heavy atom. The first-order chi connectivity index (χ1) is 10.1. The van der Waals surface area contributed by atoms with Gasteiger partial charge in [-0.2, -0.15) is 0 Å². The fraction of sp³-hybridized carbons (Fsp3) is 0.444. The van der Waals surface area contributed by atoms with Crippen LogP contribution < -0.4 is 0 Å². The number of halogens is 1. The molecule has 0 spiro atoms. The van der Waals surface area contributed by atoms with Crippen LogP contribution in [0.4, 0.5) is 0 Å². The molecule has 116 valence electrons. The van der Waals surface area contributed by atoms with Crippen molar-refractivity contribution >= 4 is 28.7 Å². The Labute approximate surface area is 142 Å². The topological polar surface area (TPSA) is 18.5 Å². The van der Waals surface area contributed by atoms with Gasteiger partial charge >= 0.3 is 0 Å². The molecule has 4 atom stereocenters. The van der Waals surface area contributed by atoms with E-state index in [1.54, 1.807) is 14.2 Å². The van der Waals surface area contributed by atoms with Gasteiger partial charge in [-0.25, -0.2) is 0 Å². The summed E-state index contributed by atoms with van der Waals surface area (Å²) in [5, 5.41) is 0. The van der Waals surface area contributed by atoms with Gasteiger partial charge in [0.15, 0.2) is 0 Å². The normalized spacial score (nSPS) is 18.0. The highest BCUT2D eigenvalue weighted by Gasteiger charge is 2.27. The summed E-state index contributed by atoms with van der Waals surface area (Å²) in [6.07, 6.45) is 6.54. The number of hydrogen-bond acceptors (Lipinski definition) is 2. The molecule has 1 rings (SSSR count). The quantitative estimate of drug-likeness (QED) is 0.575. The van der Waals surface area contributed by atoms with E-state index in [2.05, 4.69) is 66.8 Å². The summed E-state index contributed by atoms with van der Waals surface area (Å²) in [6, 6.07) is 10.3. The van der Waals surface area contributed by atoms with Gasteiger partial charge in [0.1, 0.15) is 0 Å². The van der Waals surface area contributed by atoms with Crippen molar-refractivity contribution in [3.63, 3.8) is 0 Å². The molecule has 21 heavy (non-hydrogen) atoms. The SMILES string of the molecule is CO[C@H]([C@@H](C)[C@H](/C=C/c1ccccc1)OC)[C@@H](C)/C=C/I. The summed E-state index contributed by atoms with van der Waals surface area (Å²) in [5.41, 5.74) is 1.18. The third kappa shape index (κ3) is 5.93. The Hall–Kier alpha value is -0.650. The smallest absolute Gasteiger partial charge is 0.0805 e. The minimum absolute atomic E-state index is 0.0280. The van der Waals surface area contributed by atoms with Crippen molar-refractivity contribution in [2.75, 3.05) is 14.2 Å². The third-order valence-corrected chi connectivity index (χ3v) is 4.17. The molecule has 2 nitrogen and oxygen atoms in total. The van der Waals surface area contributed by atoms with Crippen molar-refractivity contribution in [2.24, 2.45) is 11.8 Å². The molecule has 1 aromatic carbocycles. The molecule has 0 radical (unpaired) electrons. The van der Waals surface area contributed by atoms with Crippen LogP contribution >= 0.6 is 22.6 Å². The lowest BCUT2D eigenvalue weighted by molar-refractivity contribution is -0.0227. The Bertz CT molecular complexity index is 442. The number of ether oxygens (including phenoxy) is 2. The average Bonchev–Trinajstić information content (AvgIpc) is 2.50. The second kappa shape index (κ2) is 10.1. The zero-order valence-corrected chi connectivity index (χ0v) is 15.4. The highest BCUT2D eigenvalue weighted by molar-refractivity contribution is 14.1. The molecule has 0 saturated heterocycles.